The number of phenolic OH excluding ortho intramolecular Hbond substituents is 1. The number of nitrogens with zero attached hydrogens (tertiary/aromatic N) is 4. The van der Waals surface area contributed by atoms with E-state index in [0.717, 1.165) is 53.3 Å². The molecule has 36 heavy (non-hydrogen) atoms. The fourth-order valence-electron chi connectivity index (χ4n) is 6.35. The van der Waals surface area contributed by atoms with Gasteiger partial charge in [0.15, 0.2) is 17.2 Å². The standard InChI is InChI=1S/C30H28N4O2/c35-28-6-3-5-27-30(28)36-29-16-21(20-11-14-31-15-12-20)7-10-26(29)34(27)25-17-23-8-9-24(18-25)33(23)19-22-4-1-2-13-32-22/h1-7,10-16,23-25,35H,8-9,17-19H2/t23-,24+,25?. The average molecular weight is 477 g/mol. The summed E-state index contributed by atoms with van der Waals surface area (Å²) in [5.74, 6) is 1.50. The summed E-state index contributed by atoms with van der Waals surface area (Å²) in [5, 5.41) is 10.7. The lowest BCUT2D eigenvalue weighted by Crippen LogP contribution is -2.49. The van der Waals surface area contributed by atoms with Crippen molar-refractivity contribution >= 4 is 11.4 Å². The molecule has 3 aliphatic rings. The number of anilines is 2. The number of aromatic hydroxyl groups is 1. The minimum atomic E-state index is 0.174. The third-order valence-electron chi connectivity index (χ3n) is 7.97. The molecule has 7 rings (SSSR count). The van der Waals surface area contributed by atoms with Gasteiger partial charge in [-0.15, -0.1) is 0 Å². The number of benzene rings is 2. The largest absolute Gasteiger partial charge is 0.504 e. The summed E-state index contributed by atoms with van der Waals surface area (Å²) in [6.07, 6.45) is 10.1. The normalized spacial score (nSPS) is 22.6. The molecule has 2 fully saturated rings. The zero-order chi connectivity index (χ0) is 24.1. The van der Waals surface area contributed by atoms with Gasteiger partial charge < -0.3 is 14.7 Å². The van der Waals surface area contributed by atoms with Gasteiger partial charge in [0.1, 0.15) is 0 Å². The van der Waals surface area contributed by atoms with Crippen molar-refractivity contribution in [1.82, 2.24) is 14.9 Å². The van der Waals surface area contributed by atoms with E-state index in [1.807, 2.05) is 30.5 Å². The molecule has 0 amide bonds. The van der Waals surface area contributed by atoms with Crippen LogP contribution in [0.4, 0.5) is 11.4 Å². The van der Waals surface area contributed by atoms with E-state index in [0.29, 0.717) is 23.9 Å². The Balaban J connectivity index is 1.24. The maximum Gasteiger partial charge on any atom is 0.192 e. The topological polar surface area (TPSA) is 61.7 Å². The molecular weight excluding hydrogens is 448 g/mol. The number of fused-ring (bicyclic) bond motifs is 4. The van der Waals surface area contributed by atoms with E-state index < -0.39 is 0 Å². The van der Waals surface area contributed by atoms with Gasteiger partial charge in [-0.25, -0.2) is 0 Å². The quantitative estimate of drug-likeness (QED) is 0.374. The van der Waals surface area contributed by atoms with Gasteiger partial charge in [-0.3, -0.25) is 14.9 Å². The first-order valence-corrected chi connectivity index (χ1v) is 12.7. The summed E-state index contributed by atoms with van der Waals surface area (Å²) < 4.78 is 6.33. The van der Waals surface area contributed by atoms with E-state index in [1.165, 1.54) is 12.8 Å². The number of piperidine rings is 1. The molecule has 0 spiro atoms. The number of hydrogen-bond donors (Lipinski definition) is 1. The van der Waals surface area contributed by atoms with Crippen molar-refractivity contribution in [3.05, 3.63) is 91.0 Å². The lowest BCUT2D eigenvalue weighted by Gasteiger charge is -2.46. The summed E-state index contributed by atoms with van der Waals surface area (Å²) in [5.41, 5.74) is 5.31. The molecule has 2 aromatic carbocycles. The number of para-hydroxylation sites is 1. The highest BCUT2D eigenvalue weighted by molar-refractivity contribution is 5.83. The summed E-state index contributed by atoms with van der Waals surface area (Å²) in [6, 6.07) is 23.7. The molecule has 0 radical (unpaired) electrons. The first-order chi connectivity index (χ1) is 17.7. The van der Waals surface area contributed by atoms with Crippen LogP contribution in [0.15, 0.2) is 85.3 Å². The van der Waals surface area contributed by atoms with Crippen LogP contribution in [0, 0.1) is 0 Å². The second-order valence-corrected chi connectivity index (χ2v) is 10.0. The van der Waals surface area contributed by atoms with Crippen molar-refractivity contribution < 1.29 is 9.84 Å². The summed E-state index contributed by atoms with van der Waals surface area (Å²) in [4.78, 5) is 13.8. The second kappa shape index (κ2) is 8.64. The molecule has 0 aliphatic carbocycles. The summed E-state index contributed by atoms with van der Waals surface area (Å²) >= 11 is 0. The Morgan fingerprint density at radius 1 is 0.806 bits per heavy atom. The van der Waals surface area contributed by atoms with Crippen LogP contribution in [0.3, 0.4) is 0 Å². The predicted molar refractivity (Wildman–Crippen MR) is 140 cm³/mol. The molecule has 3 aliphatic heterocycles. The Kier molecular flexibility index (Phi) is 5.13. The Morgan fingerprint density at radius 3 is 2.42 bits per heavy atom. The molecule has 3 atom stereocenters. The van der Waals surface area contributed by atoms with Gasteiger partial charge in [-0.2, -0.15) is 0 Å². The lowest BCUT2D eigenvalue weighted by atomic mass is 9.93. The molecular formula is C30H28N4O2. The van der Waals surface area contributed by atoms with Crippen LogP contribution in [0.2, 0.25) is 0 Å². The van der Waals surface area contributed by atoms with Gasteiger partial charge in [0, 0.05) is 43.3 Å². The van der Waals surface area contributed by atoms with E-state index in [1.54, 1.807) is 18.5 Å². The van der Waals surface area contributed by atoms with E-state index in [4.69, 9.17) is 4.74 Å². The molecule has 2 bridgehead atoms. The van der Waals surface area contributed by atoms with Crippen LogP contribution in [0.5, 0.6) is 17.2 Å². The molecule has 2 saturated heterocycles. The zero-order valence-corrected chi connectivity index (χ0v) is 20.0. The Bertz CT molecular complexity index is 1380. The molecule has 6 heteroatoms. The minimum absolute atomic E-state index is 0.174. The van der Waals surface area contributed by atoms with Gasteiger partial charge in [-0.05, 0) is 85.3 Å². The number of phenols is 1. The number of hydrogen-bond acceptors (Lipinski definition) is 6. The molecule has 6 nitrogen and oxygen atoms in total. The first kappa shape index (κ1) is 21.4. The van der Waals surface area contributed by atoms with E-state index in [-0.39, 0.29) is 5.75 Å². The van der Waals surface area contributed by atoms with Gasteiger partial charge in [0.2, 0.25) is 0 Å². The van der Waals surface area contributed by atoms with Crippen molar-refractivity contribution in [3.8, 4) is 28.4 Å². The molecule has 1 unspecified atom stereocenters. The maximum atomic E-state index is 10.7. The highest BCUT2D eigenvalue weighted by Gasteiger charge is 2.44. The van der Waals surface area contributed by atoms with Crippen LogP contribution in [0.1, 0.15) is 31.4 Å². The molecule has 0 saturated carbocycles. The number of ether oxygens (including phenoxy) is 1. The third kappa shape index (κ3) is 3.60. The van der Waals surface area contributed by atoms with Crippen LogP contribution < -0.4 is 9.64 Å². The van der Waals surface area contributed by atoms with Crippen molar-refractivity contribution in [1.29, 1.82) is 0 Å². The highest BCUT2D eigenvalue weighted by Crippen LogP contribution is 2.54. The average Bonchev–Trinajstić information content (AvgIpc) is 3.14. The van der Waals surface area contributed by atoms with Gasteiger partial charge in [0.25, 0.3) is 0 Å². The second-order valence-electron chi connectivity index (χ2n) is 10.0. The van der Waals surface area contributed by atoms with E-state index in [9.17, 15) is 5.11 Å². The lowest BCUT2D eigenvalue weighted by molar-refractivity contribution is 0.118. The maximum absolute atomic E-state index is 10.7. The van der Waals surface area contributed by atoms with Crippen molar-refractivity contribution in [2.45, 2.75) is 50.4 Å². The fraction of sp³-hybridized carbons (Fsp3) is 0.267. The smallest absolute Gasteiger partial charge is 0.192 e. The zero-order valence-electron chi connectivity index (χ0n) is 20.0. The van der Waals surface area contributed by atoms with E-state index >= 15 is 0 Å². The van der Waals surface area contributed by atoms with Crippen molar-refractivity contribution in [3.63, 3.8) is 0 Å². The Morgan fingerprint density at radius 2 is 1.64 bits per heavy atom. The van der Waals surface area contributed by atoms with Crippen LogP contribution >= 0.6 is 0 Å². The first-order valence-electron chi connectivity index (χ1n) is 12.7. The number of pyridine rings is 2. The highest BCUT2D eigenvalue weighted by atomic mass is 16.5. The summed E-state index contributed by atoms with van der Waals surface area (Å²) in [7, 11) is 0. The van der Waals surface area contributed by atoms with Crippen LogP contribution in [-0.2, 0) is 6.54 Å². The molecule has 5 heterocycles. The van der Waals surface area contributed by atoms with Gasteiger partial charge >= 0.3 is 0 Å². The molecule has 2 aromatic heterocycles. The fourth-order valence-corrected chi connectivity index (χ4v) is 6.35. The van der Waals surface area contributed by atoms with Crippen molar-refractivity contribution in [2.24, 2.45) is 0 Å². The third-order valence-corrected chi connectivity index (χ3v) is 7.97. The molecule has 4 aromatic rings. The van der Waals surface area contributed by atoms with Crippen LogP contribution in [-0.4, -0.2) is 38.1 Å². The Labute approximate surface area is 210 Å². The monoisotopic (exact) mass is 476 g/mol. The summed E-state index contributed by atoms with van der Waals surface area (Å²) in [6.45, 7) is 0.912. The predicted octanol–water partition coefficient (Wildman–Crippen LogP) is 6.29. The van der Waals surface area contributed by atoms with Crippen LogP contribution in [0.25, 0.3) is 11.1 Å². The number of aromatic nitrogens is 2. The van der Waals surface area contributed by atoms with Gasteiger partial charge in [-0.1, -0.05) is 18.2 Å². The minimum Gasteiger partial charge on any atom is -0.504 e. The molecule has 1 N–H and O–H groups in total. The van der Waals surface area contributed by atoms with Crippen molar-refractivity contribution in [2.75, 3.05) is 4.90 Å². The van der Waals surface area contributed by atoms with Gasteiger partial charge in [0.05, 0.1) is 17.1 Å². The Hall–Kier alpha value is -3.90. The SMILES string of the molecule is Oc1cccc2c1Oc1cc(-c3ccncc3)ccc1N2C1C[C@H]2CC[C@@H](C1)N2Cc1ccccn1. The number of rotatable bonds is 4. The molecule has 180 valence electrons. The van der Waals surface area contributed by atoms with E-state index in [2.05, 4.69) is 56.2 Å².